The fourth-order valence-corrected chi connectivity index (χ4v) is 3.83. The van der Waals surface area contributed by atoms with Crippen molar-refractivity contribution in [1.29, 1.82) is 0 Å². The minimum Gasteiger partial charge on any atom is -0.484 e. The Morgan fingerprint density at radius 3 is 2.78 bits per heavy atom. The van der Waals surface area contributed by atoms with E-state index in [-0.39, 0.29) is 29.8 Å². The lowest BCUT2D eigenvalue weighted by Gasteiger charge is -2.16. The lowest BCUT2D eigenvalue weighted by Crippen LogP contribution is -2.20. The number of methoxy groups -OCH3 is 1. The number of anilines is 1. The first kappa shape index (κ1) is 21.8. The number of ether oxygens (including phenoxy) is 2. The fourth-order valence-electron chi connectivity index (χ4n) is 3.63. The summed E-state index contributed by atoms with van der Waals surface area (Å²) in [6, 6.07) is 12.6. The molecule has 0 radical (unpaired) electrons. The molecule has 1 aromatic heterocycles. The molecule has 0 fully saturated rings. The van der Waals surface area contributed by atoms with Crippen LogP contribution >= 0.6 is 12.2 Å². The van der Waals surface area contributed by atoms with Crippen molar-refractivity contribution in [2.24, 2.45) is 0 Å². The monoisotopic (exact) mass is 453 g/mol. The predicted molar refractivity (Wildman–Crippen MR) is 119 cm³/mol. The number of amides is 1. The Kier molecular flexibility index (Phi) is 6.65. The number of benzene rings is 2. The number of carbonyl (C=O) groups is 2. The number of nitrogens with one attached hydrogen (secondary N) is 1. The summed E-state index contributed by atoms with van der Waals surface area (Å²) in [5.41, 5.74) is 3.51. The molecule has 1 aliphatic carbocycles. The minimum absolute atomic E-state index is 0.0764. The maximum atomic E-state index is 12.4. The van der Waals surface area contributed by atoms with Gasteiger partial charge < -0.3 is 19.2 Å². The summed E-state index contributed by atoms with van der Waals surface area (Å²) in [6.45, 7) is -0.0259. The van der Waals surface area contributed by atoms with Gasteiger partial charge in [-0.1, -0.05) is 12.1 Å². The SMILES string of the molecule is COC(=O)c1cccc(NC(=O)Cn2nc(COc3ccc4c(c3)CCCC4)oc2=S)c1. The van der Waals surface area contributed by atoms with Crippen LogP contribution in [0.5, 0.6) is 5.75 Å². The lowest BCUT2D eigenvalue weighted by atomic mass is 9.92. The molecule has 0 saturated heterocycles. The summed E-state index contributed by atoms with van der Waals surface area (Å²) in [7, 11) is 1.30. The molecule has 0 aliphatic heterocycles. The van der Waals surface area contributed by atoms with Gasteiger partial charge in [0.05, 0.1) is 12.7 Å². The molecule has 2 aromatic carbocycles. The third-order valence-electron chi connectivity index (χ3n) is 5.19. The third-order valence-corrected chi connectivity index (χ3v) is 5.49. The van der Waals surface area contributed by atoms with Crippen molar-refractivity contribution in [2.45, 2.75) is 38.8 Å². The van der Waals surface area contributed by atoms with Gasteiger partial charge in [-0.05, 0) is 79.4 Å². The van der Waals surface area contributed by atoms with Gasteiger partial charge in [0.15, 0.2) is 6.61 Å². The van der Waals surface area contributed by atoms with E-state index in [2.05, 4.69) is 27.3 Å². The molecular weight excluding hydrogens is 430 g/mol. The quantitative estimate of drug-likeness (QED) is 0.425. The zero-order valence-electron chi connectivity index (χ0n) is 17.6. The Bertz CT molecular complexity index is 1200. The molecule has 166 valence electrons. The number of rotatable bonds is 7. The normalized spacial score (nSPS) is 12.7. The van der Waals surface area contributed by atoms with Gasteiger partial charge in [0.2, 0.25) is 5.91 Å². The van der Waals surface area contributed by atoms with E-state index in [4.69, 9.17) is 21.4 Å². The molecule has 0 bridgehead atoms. The second-order valence-electron chi connectivity index (χ2n) is 7.47. The Hall–Kier alpha value is -3.46. The van der Waals surface area contributed by atoms with Gasteiger partial charge >= 0.3 is 5.97 Å². The van der Waals surface area contributed by atoms with Crippen LogP contribution in [0.25, 0.3) is 0 Å². The highest BCUT2D eigenvalue weighted by Gasteiger charge is 2.13. The van der Waals surface area contributed by atoms with Gasteiger partial charge in [-0.15, -0.1) is 5.10 Å². The van der Waals surface area contributed by atoms with Gasteiger partial charge in [0.25, 0.3) is 10.7 Å². The van der Waals surface area contributed by atoms with Gasteiger partial charge in [0.1, 0.15) is 12.3 Å². The number of carbonyl (C=O) groups excluding carboxylic acids is 2. The van der Waals surface area contributed by atoms with E-state index in [0.717, 1.165) is 18.6 Å². The summed E-state index contributed by atoms with van der Waals surface area (Å²) in [5.74, 6) is 0.194. The molecule has 9 heteroatoms. The van der Waals surface area contributed by atoms with E-state index in [0.29, 0.717) is 11.3 Å². The number of fused-ring (bicyclic) bond motifs is 1. The first-order chi connectivity index (χ1) is 15.5. The van der Waals surface area contributed by atoms with E-state index in [1.807, 2.05) is 6.07 Å². The fraction of sp³-hybridized carbons (Fsp3) is 0.304. The zero-order chi connectivity index (χ0) is 22.5. The van der Waals surface area contributed by atoms with Crippen molar-refractivity contribution >= 4 is 29.8 Å². The Balaban J connectivity index is 1.36. The zero-order valence-corrected chi connectivity index (χ0v) is 18.4. The number of hydrogen-bond acceptors (Lipinski definition) is 7. The van der Waals surface area contributed by atoms with Crippen molar-refractivity contribution < 1.29 is 23.5 Å². The van der Waals surface area contributed by atoms with Crippen molar-refractivity contribution in [2.75, 3.05) is 12.4 Å². The smallest absolute Gasteiger partial charge is 0.337 e. The lowest BCUT2D eigenvalue weighted by molar-refractivity contribution is -0.117. The minimum atomic E-state index is -0.483. The maximum absolute atomic E-state index is 12.4. The van der Waals surface area contributed by atoms with Crippen LogP contribution in [0.1, 0.15) is 40.2 Å². The molecule has 1 aliphatic rings. The van der Waals surface area contributed by atoms with Crippen LogP contribution in [0.4, 0.5) is 5.69 Å². The molecule has 1 heterocycles. The summed E-state index contributed by atoms with van der Waals surface area (Å²) in [4.78, 5) is 24.1. The van der Waals surface area contributed by atoms with Crippen molar-refractivity contribution in [3.8, 4) is 5.75 Å². The van der Waals surface area contributed by atoms with E-state index >= 15 is 0 Å². The Labute approximate surface area is 190 Å². The van der Waals surface area contributed by atoms with E-state index in [9.17, 15) is 9.59 Å². The topological polar surface area (TPSA) is 95.6 Å². The van der Waals surface area contributed by atoms with E-state index in [1.165, 1.54) is 41.8 Å². The average molecular weight is 454 g/mol. The van der Waals surface area contributed by atoms with Gasteiger partial charge in [-0.2, -0.15) is 0 Å². The summed E-state index contributed by atoms with van der Waals surface area (Å²) < 4.78 is 17.3. The van der Waals surface area contributed by atoms with Gasteiger partial charge in [0, 0.05) is 5.69 Å². The third kappa shape index (κ3) is 5.23. The van der Waals surface area contributed by atoms with E-state index in [1.54, 1.807) is 18.2 Å². The van der Waals surface area contributed by atoms with Crippen LogP contribution in [0.2, 0.25) is 0 Å². The first-order valence-corrected chi connectivity index (χ1v) is 10.7. The highest BCUT2D eigenvalue weighted by Crippen LogP contribution is 2.25. The highest BCUT2D eigenvalue weighted by molar-refractivity contribution is 7.71. The van der Waals surface area contributed by atoms with Gasteiger partial charge in [-0.25, -0.2) is 9.48 Å². The molecule has 32 heavy (non-hydrogen) atoms. The Morgan fingerprint density at radius 2 is 1.97 bits per heavy atom. The van der Waals surface area contributed by atoms with Crippen LogP contribution < -0.4 is 10.1 Å². The Morgan fingerprint density at radius 1 is 1.16 bits per heavy atom. The standard InChI is InChI=1S/C23H23N3O5S/c1-29-22(28)17-7-4-8-18(11-17)24-20(27)13-26-23(32)31-21(25-26)14-30-19-10-9-15-5-2-3-6-16(15)12-19/h4,7-12H,2-3,5-6,13-14H2,1H3,(H,24,27). The highest BCUT2D eigenvalue weighted by atomic mass is 32.1. The van der Waals surface area contributed by atoms with Crippen LogP contribution in [-0.4, -0.2) is 28.8 Å². The second-order valence-corrected chi connectivity index (χ2v) is 7.82. The second kappa shape index (κ2) is 9.78. The number of aromatic nitrogens is 2. The summed E-state index contributed by atoms with van der Waals surface area (Å²) in [6.07, 6.45) is 4.61. The molecule has 3 aromatic rings. The largest absolute Gasteiger partial charge is 0.484 e. The van der Waals surface area contributed by atoms with Crippen LogP contribution in [-0.2, 0) is 35.5 Å². The van der Waals surface area contributed by atoms with Crippen molar-refractivity contribution in [1.82, 2.24) is 9.78 Å². The molecule has 1 amide bonds. The molecule has 8 nitrogen and oxygen atoms in total. The molecule has 0 saturated carbocycles. The molecule has 1 N–H and O–H groups in total. The van der Waals surface area contributed by atoms with Gasteiger partial charge in [-0.3, -0.25) is 4.79 Å². The number of hydrogen-bond donors (Lipinski definition) is 1. The molecule has 4 rings (SSSR count). The maximum Gasteiger partial charge on any atom is 0.337 e. The van der Waals surface area contributed by atoms with Crippen molar-refractivity contribution in [3.05, 3.63) is 69.9 Å². The number of nitrogens with zero attached hydrogens (tertiary/aromatic N) is 2. The van der Waals surface area contributed by atoms with E-state index < -0.39 is 5.97 Å². The molecule has 0 atom stereocenters. The molecular formula is C23H23N3O5S. The van der Waals surface area contributed by atoms with Crippen LogP contribution in [0, 0.1) is 4.84 Å². The van der Waals surface area contributed by atoms with Crippen LogP contribution in [0.3, 0.4) is 0 Å². The first-order valence-electron chi connectivity index (χ1n) is 10.3. The molecule has 0 spiro atoms. The predicted octanol–water partition coefficient (Wildman–Crippen LogP) is 4.09. The van der Waals surface area contributed by atoms with Crippen molar-refractivity contribution in [3.63, 3.8) is 0 Å². The molecule has 0 unspecified atom stereocenters. The summed E-state index contributed by atoms with van der Waals surface area (Å²) >= 11 is 5.17. The summed E-state index contributed by atoms with van der Waals surface area (Å²) in [5, 5.41) is 6.95. The van der Waals surface area contributed by atoms with Crippen LogP contribution in [0.15, 0.2) is 46.9 Å². The average Bonchev–Trinajstić information content (AvgIpc) is 3.15. The number of esters is 1. The number of aryl methyl sites for hydroxylation is 2.